The fourth-order valence-corrected chi connectivity index (χ4v) is 0.533. The van der Waals surface area contributed by atoms with E-state index >= 15 is 0 Å². The van der Waals surface area contributed by atoms with Gasteiger partial charge in [-0.2, -0.15) is 0 Å². The van der Waals surface area contributed by atoms with Crippen LogP contribution < -0.4 is 0 Å². The summed E-state index contributed by atoms with van der Waals surface area (Å²) in [6.07, 6.45) is 0.368. The Kier molecular flexibility index (Phi) is 4.89. The lowest BCUT2D eigenvalue weighted by molar-refractivity contribution is -0.147. The first-order valence-electron chi connectivity index (χ1n) is 3.42. The van der Waals surface area contributed by atoms with Gasteiger partial charge in [0.05, 0.1) is 12.8 Å². The van der Waals surface area contributed by atoms with E-state index in [1.807, 2.05) is 0 Å². The molecule has 0 heterocycles. The number of esters is 1. The molecule has 2 nitrogen and oxygen atoms in total. The Labute approximate surface area is 60.4 Å². The highest BCUT2D eigenvalue weighted by molar-refractivity contribution is 5.69. The van der Waals surface area contributed by atoms with Crippen LogP contribution in [0.4, 0.5) is 4.39 Å². The lowest BCUT2D eigenvalue weighted by Gasteiger charge is -2.05. The summed E-state index contributed by atoms with van der Waals surface area (Å²) in [6, 6.07) is 0. The van der Waals surface area contributed by atoms with E-state index in [2.05, 4.69) is 0 Å². The van der Waals surface area contributed by atoms with Crippen LogP contribution in [0.1, 0.15) is 26.7 Å². The van der Waals surface area contributed by atoms with Crippen LogP contribution >= 0.6 is 0 Å². The van der Waals surface area contributed by atoms with Crippen molar-refractivity contribution in [3.8, 4) is 0 Å². The van der Waals surface area contributed by atoms with Crippen LogP contribution in [0.2, 0.25) is 0 Å². The number of hydrogen-bond donors (Lipinski definition) is 0. The fraction of sp³-hybridized carbons (Fsp3) is 0.857. The number of hydrogen-bond acceptors (Lipinski definition) is 2. The first-order chi connectivity index (χ1) is 4.66. The van der Waals surface area contributed by atoms with Gasteiger partial charge in [-0.15, -0.1) is 0 Å². The number of rotatable bonds is 4. The topological polar surface area (TPSA) is 26.3 Å². The van der Waals surface area contributed by atoms with Gasteiger partial charge in [0.25, 0.3) is 0 Å². The van der Waals surface area contributed by atoms with Crippen molar-refractivity contribution < 1.29 is 13.9 Å². The number of halogens is 1. The van der Waals surface area contributed by atoms with Gasteiger partial charge in [-0.25, -0.2) is 0 Å². The Morgan fingerprint density at radius 3 is 2.60 bits per heavy atom. The zero-order valence-electron chi connectivity index (χ0n) is 6.39. The zero-order valence-corrected chi connectivity index (χ0v) is 6.39. The molecule has 10 heavy (non-hydrogen) atoms. The monoisotopic (exact) mass is 148 g/mol. The molecule has 0 aromatic rings. The molecule has 0 radical (unpaired) electrons. The van der Waals surface area contributed by atoms with Gasteiger partial charge in [0, 0.05) is 6.42 Å². The highest BCUT2D eigenvalue weighted by atomic mass is 19.1. The lowest BCUT2D eigenvalue weighted by Crippen LogP contribution is -2.10. The first-order valence-corrected chi connectivity index (χ1v) is 3.42. The lowest BCUT2D eigenvalue weighted by atomic mass is 10.3. The molecule has 0 saturated carbocycles. The molecule has 3 heteroatoms. The maximum absolute atomic E-state index is 11.5. The molecule has 0 amide bonds. The fourth-order valence-electron chi connectivity index (χ4n) is 0.533. The van der Waals surface area contributed by atoms with Crippen molar-refractivity contribution in [1.82, 2.24) is 0 Å². The van der Waals surface area contributed by atoms with Gasteiger partial charge in [0.1, 0.15) is 0 Å². The molecular weight excluding hydrogens is 135 g/mol. The van der Waals surface area contributed by atoms with Crippen molar-refractivity contribution in [2.75, 3.05) is 6.67 Å². The van der Waals surface area contributed by atoms with Gasteiger partial charge in [-0.05, 0) is 20.3 Å². The standard InChI is InChI=1S/C7H13FO2/c1-6(2)10-7(9)4-3-5-8/h6H,3-5H2,1-2H3. The second-order valence-corrected chi connectivity index (χ2v) is 2.33. The summed E-state index contributed by atoms with van der Waals surface area (Å²) in [5, 5.41) is 0. The molecule has 0 unspecified atom stereocenters. The van der Waals surface area contributed by atoms with Gasteiger partial charge in [-0.1, -0.05) is 0 Å². The van der Waals surface area contributed by atoms with Crippen LogP contribution in [0.5, 0.6) is 0 Å². The zero-order chi connectivity index (χ0) is 7.98. The predicted octanol–water partition coefficient (Wildman–Crippen LogP) is 1.69. The van der Waals surface area contributed by atoms with Gasteiger partial charge in [-0.3, -0.25) is 9.18 Å². The molecule has 0 bridgehead atoms. The van der Waals surface area contributed by atoms with E-state index in [-0.39, 0.29) is 24.9 Å². The maximum Gasteiger partial charge on any atom is 0.306 e. The summed E-state index contributed by atoms with van der Waals surface area (Å²) >= 11 is 0. The minimum Gasteiger partial charge on any atom is -0.463 e. The van der Waals surface area contributed by atoms with Gasteiger partial charge >= 0.3 is 5.97 Å². The minimum atomic E-state index is -0.451. The van der Waals surface area contributed by atoms with E-state index in [4.69, 9.17) is 4.74 Å². The van der Waals surface area contributed by atoms with Gasteiger partial charge < -0.3 is 4.74 Å². The smallest absolute Gasteiger partial charge is 0.306 e. The molecule has 0 aliphatic heterocycles. The quantitative estimate of drug-likeness (QED) is 0.567. The van der Waals surface area contributed by atoms with E-state index in [1.165, 1.54) is 0 Å². The third-order valence-corrected chi connectivity index (χ3v) is 0.882. The van der Waals surface area contributed by atoms with E-state index in [1.54, 1.807) is 13.8 Å². The molecule has 0 N–H and O–H groups in total. The SMILES string of the molecule is CC(C)OC(=O)CCCF. The second kappa shape index (κ2) is 5.21. The summed E-state index contributed by atoms with van der Waals surface area (Å²) < 4.78 is 16.2. The molecule has 0 spiro atoms. The van der Waals surface area contributed by atoms with Crippen LogP contribution in [-0.4, -0.2) is 18.7 Å². The molecule has 60 valence electrons. The molecular formula is C7H13FO2. The highest BCUT2D eigenvalue weighted by Gasteiger charge is 2.03. The highest BCUT2D eigenvalue weighted by Crippen LogP contribution is 1.96. The Balaban J connectivity index is 3.26. The van der Waals surface area contributed by atoms with Crippen molar-refractivity contribution in [2.45, 2.75) is 32.8 Å². The predicted molar refractivity (Wildman–Crippen MR) is 36.4 cm³/mol. The summed E-state index contributed by atoms with van der Waals surface area (Å²) in [7, 11) is 0. The first kappa shape index (κ1) is 9.40. The molecule has 0 aliphatic carbocycles. The largest absolute Gasteiger partial charge is 0.463 e. The average molecular weight is 148 g/mol. The third kappa shape index (κ3) is 5.54. The van der Waals surface area contributed by atoms with E-state index < -0.39 is 6.67 Å². The van der Waals surface area contributed by atoms with Crippen LogP contribution in [0.3, 0.4) is 0 Å². The number of alkyl halides is 1. The Hall–Kier alpha value is -0.600. The molecule has 0 aromatic carbocycles. The molecule has 0 aliphatic rings. The van der Waals surface area contributed by atoms with Gasteiger partial charge in [0.2, 0.25) is 0 Å². The molecule has 0 rings (SSSR count). The number of ether oxygens (including phenoxy) is 1. The van der Waals surface area contributed by atoms with Crippen molar-refractivity contribution in [2.24, 2.45) is 0 Å². The van der Waals surface area contributed by atoms with E-state index in [9.17, 15) is 9.18 Å². The molecule has 0 saturated heterocycles. The van der Waals surface area contributed by atoms with Crippen LogP contribution in [-0.2, 0) is 9.53 Å². The average Bonchev–Trinajstić information content (AvgIpc) is 1.82. The molecule has 0 fully saturated rings. The summed E-state index contributed by atoms with van der Waals surface area (Å²) in [6.45, 7) is 3.09. The summed E-state index contributed by atoms with van der Waals surface area (Å²) in [4.78, 5) is 10.6. The van der Waals surface area contributed by atoms with E-state index in [0.717, 1.165) is 0 Å². The molecule has 0 atom stereocenters. The Morgan fingerprint density at radius 1 is 1.60 bits per heavy atom. The van der Waals surface area contributed by atoms with Crippen LogP contribution in [0, 0.1) is 0 Å². The third-order valence-electron chi connectivity index (χ3n) is 0.882. The number of carbonyl (C=O) groups is 1. The minimum absolute atomic E-state index is 0.0906. The maximum atomic E-state index is 11.5. The molecule has 0 aromatic heterocycles. The summed E-state index contributed by atoms with van der Waals surface area (Å²) in [5.41, 5.74) is 0. The van der Waals surface area contributed by atoms with E-state index in [0.29, 0.717) is 0 Å². The number of carbonyl (C=O) groups excluding carboxylic acids is 1. The summed E-state index contributed by atoms with van der Waals surface area (Å²) in [5.74, 6) is -0.312. The normalized spacial score (nSPS) is 10.0. The second-order valence-electron chi connectivity index (χ2n) is 2.33. The van der Waals surface area contributed by atoms with Crippen molar-refractivity contribution in [3.63, 3.8) is 0 Å². The van der Waals surface area contributed by atoms with Crippen molar-refractivity contribution >= 4 is 5.97 Å². The van der Waals surface area contributed by atoms with Gasteiger partial charge in [0.15, 0.2) is 0 Å². The Bertz CT molecular complexity index is 102. The van der Waals surface area contributed by atoms with Crippen LogP contribution in [0.25, 0.3) is 0 Å². The van der Waals surface area contributed by atoms with Crippen molar-refractivity contribution in [1.29, 1.82) is 0 Å². The van der Waals surface area contributed by atoms with Crippen LogP contribution in [0.15, 0.2) is 0 Å². The Morgan fingerprint density at radius 2 is 2.20 bits per heavy atom. The van der Waals surface area contributed by atoms with Crippen molar-refractivity contribution in [3.05, 3.63) is 0 Å².